The summed E-state index contributed by atoms with van der Waals surface area (Å²) in [7, 11) is 0. The Morgan fingerprint density at radius 2 is 1.73 bits per heavy atom. The van der Waals surface area contributed by atoms with Crippen LogP contribution in [0.5, 0.6) is 5.75 Å². The lowest BCUT2D eigenvalue weighted by Gasteiger charge is -2.28. The van der Waals surface area contributed by atoms with Gasteiger partial charge in [0.05, 0.1) is 5.69 Å². The van der Waals surface area contributed by atoms with E-state index in [0.717, 1.165) is 26.8 Å². The molecule has 37 heavy (non-hydrogen) atoms. The highest BCUT2D eigenvalue weighted by Gasteiger charge is 2.37. The van der Waals surface area contributed by atoms with Crippen LogP contribution in [0, 0.1) is 13.8 Å². The average Bonchev–Trinajstić information content (AvgIpc) is 2.87. The van der Waals surface area contributed by atoms with Crippen molar-refractivity contribution in [2.45, 2.75) is 20.5 Å². The number of ether oxygens (including phenoxy) is 1. The lowest BCUT2D eigenvalue weighted by atomic mass is 9.99. The standard InChI is InChI=1S/C30H23ClN2O4/c1-18-6-5-7-20(14-18)17-37-27-13-11-21-8-3-4-9-23(21)24(27)16-25-28(34)32-30(36)33(29(25)35)26-15-22(31)12-10-19(26)2/h3-16H,17H2,1-2H3,(H,32,34,36)/b25-16+. The summed E-state index contributed by atoms with van der Waals surface area (Å²) in [6.45, 7) is 4.08. The highest BCUT2D eigenvalue weighted by Crippen LogP contribution is 2.33. The van der Waals surface area contributed by atoms with E-state index in [1.54, 1.807) is 19.1 Å². The Kier molecular flexibility index (Phi) is 6.51. The molecule has 1 saturated heterocycles. The molecule has 0 aliphatic carbocycles. The van der Waals surface area contributed by atoms with Crippen LogP contribution in [0.2, 0.25) is 5.02 Å². The molecule has 7 heteroatoms. The summed E-state index contributed by atoms with van der Waals surface area (Å²) in [5.74, 6) is -1.00. The fourth-order valence-corrected chi connectivity index (χ4v) is 4.52. The molecule has 1 N–H and O–H groups in total. The van der Waals surface area contributed by atoms with Gasteiger partial charge in [-0.2, -0.15) is 0 Å². The first-order valence-corrected chi connectivity index (χ1v) is 12.1. The van der Waals surface area contributed by atoms with Gasteiger partial charge < -0.3 is 4.74 Å². The van der Waals surface area contributed by atoms with Gasteiger partial charge in [0.15, 0.2) is 0 Å². The summed E-state index contributed by atoms with van der Waals surface area (Å²) in [6.07, 6.45) is 1.49. The molecule has 0 aromatic heterocycles. The van der Waals surface area contributed by atoms with E-state index in [2.05, 4.69) is 5.32 Å². The molecular formula is C30H23ClN2O4. The number of amides is 4. The minimum atomic E-state index is -0.827. The first-order chi connectivity index (χ1) is 17.8. The molecule has 0 bridgehead atoms. The van der Waals surface area contributed by atoms with Crippen LogP contribution < -0.4 is 15.0 Å². The van der Waals surface area contributed by atoms with E-state index in [1.807, 2.05) is 67.6 Å². The van der Waals surface area contributed by atoms with Gasteiger partial charge in [0.1, 0.15) is 17.9 Å². The van der Waals surface area contributed by atoms with E-state index in [9.17, 15) is 14.4 Å². The zero-order valence-corrected chi connectivity index (χ0v) is 21.0. The zero-order chi connectivity index (χ0) is 26.1. The number of urea groups is 1. The summed E-state index contributed by atoms with van der Waals surface area (Å²) >= 11 is 6.14. The highest BCUT2D eigenvalue weighted by molar-refractivity contribution is 6.40. The topological polar surface area (TPSA) is 75.7 Å². The molecule has 1 fully saturated rings. The summed E-state index contributed by atoms with van der Waals surface area (Å²) in [5, 5.41) is 4.37. The first-order valence-electron chi connectivity index (χ1n) is 11.7. The molecule has 1 heterocycles. The van der Waals surface area contributed by atoms with Crippen molar-refractivity contribution in [1.82, 2.24) is 5.32 Å². The van der Waals surface area contributed by atoms with E-state index < -0.39 is 17.8 Å². The Morgan fingerprint density at radius 3 is 2.54 bits per heavy atom. The van der Waals surface area contributed by atoms with Crippen LogP contribution in [0.1, 0.15) is 22.3 Å². The van der Waals surface area contributed by atoms with Crippen LogP contribution in [0.3, 0.4) is 0 Å². The Balaban J connectivity index is 1.60. The Morgan fingerprint density at radius 1 is 0.919 bits per heavy atom. The minimum absolute atomic E-state index is 0.185. The number of fused-ring (bicyclic) bond motifs is 1. The molecule has 4 aromatic carbocycles. The molecule has 0 radical (unpaired) electrons. The number of carbonyl (C=O) groups is 3. The lowest BCUT2D eigenvalue weighted by molar-refractivity contribution is -0.122. The quantitative estimate of drug-likeness (QED) is 0.250. The number of imide groups is 2. The maximum absolute atomic E-state index is 13.6. The molecule has 0 saturated carbocycles. The normalized spacial score (nSPS) is 14.8. The maximum atomic E-state index is 13.6. The van der Waals surface area contributed by atoms with Crippen molar-refractivity contribution in [2.24, 2.45) is 0 Å². The summed E-state index contributed by atoms with van der Waals surface area (Å²) < 4.78 is 6.18. The van der Waals surface area contributed by atoms with Crippen molar-refractivity contribution < 1.29 is 19.1 Å². The number of hydrogen-bond donors (Lipinski definition) is 1. The van der Waals surface area contributed by atoms with E-state index in [4.69, 9.17) is 16.3 Å². The molecule has 0 spiro atoms. The molecular weight excluding hydrogens is 488 g/mol. The molecule has 6 nitrogen and oxygen atoms in total. The number of aryl methyl sites for hydroxylation is 2. The van der Waals surface area contributed by atoms with Gasteiger partial charge in [0, 0.05) is 10.6 Å². The maximum Gasteiger partial charge on any atom is 0.335 e. The van der Waals surface area contributed by atoms with Gasteiger partial charge in [-0.15, -0.1) is 0 Å². The summed E-state index contributed by atoms with van der Waals surface area (Å²) in [5.41, 5.74) is 3.47. The van der Waals surface area contributed by atoms with E-state index in [1.165, 1.54) is 12.1 Å². The number of nitrogens with zero attached hydrogens (tertiary/aromatic N) is 1. The molecule has 0 unspecified atom stereocenters. The van der Waals surface area contributed by atoms with Crippen molar-refractivity contribution in [2.75, 3.05) is 4.90 Å². The monoisotopic (exact) mass is 510 g/mol. The van der Waals surface area contributed by atoms with Crippen molar-refractivity contribution >= 4 is 52.0 Å². The van der Waals surface area contributed by atoms with Crippen LogP contribution in [0.4, 0.5) is 10.5 Å². The second-order valence-corrected chi connectivity index (χ2v) is 9.30. The third kappa shape index (κ3) is 4.84. The third-order valence-electron chi connectivity index (χ3n) is 6.21. The number of hydrogen-bond acceptors (Lipinski definition) is 4. The van der Waals surface area contributed by atoms with E-state index >= 15 is 0 Å². The van der Waals surface area contributed by atoms with Gasteiger partial charge >= 0.3 is 6.03 Å². The van der Waals surface area contributed by atoms with Gasteiger partial charge in [-0.05, 0) is 60.0 Å². The molecule has 1 aliphatic rings. The fourth-order valence-electron chi connectivity index (χ4n) is 4.36. The second kappa shape index (κ2) is 9.91. The van der Waals surface area contributed by atoms with E-state index in [0.29, 0.717) is 34.2 Å². The number of rotatable bonds is 5. The van der Waals surface area contributed by atoms with Crippen LogP contribution in [-0.2, 0) is 16.2 Å². The second-order valence-electron chi connectivity index (χ2n) is 8.86. The van der Waals surface area contributed by atoms with Crippen LogP contribution in [0.25, 0.3) is 16.8 Å². The number of benzene rings is 4. The Bertz CT molecular complexity index is 1610. The lowest BCUT2D eigenvalue weighted by Crippen LogP contribution is -2.54. The van der Waals surface area contributed by atoms with Crippen molar-refractivity contribution in [1.29, 1.82) is 0 Å². The average molecular weight is 511 g/mol. The van der Waals surface area contributed by atoms with Crippen molar-refractivity contribution in [3.63, 3.8) is 0 Å². The molecule has 5 rings (SSSR count). The van der Waals surface area contributed by atoms with Gasteiger partial charge in [0.2, 0.25) is 0 Å². The van der Waals surface area contributed by atoms with Gasteiger partial charge in [-0.1, -0.05) is 77.8 Å². The largest absolute Gasteiger partial charge is 0.488 e. The number of carbonyl (C=O) groups excluding carboxylic acids is 3. The van der Waals surface area contributed by atoms with Crippen molar-refractivity contribution in [3.05, 3.63) is 112 Å². The smallest absolute Gasteiger partial charge is 0.335 e. The van der Waals surface area contributed by atoms with E-state index in [-0.39, 0.29) is 5.57 Å². The molecule has 1 aliphatic heterocycles. The van der Waals surface area contributed by atoms with Gasteiger partial charge in [-0.25, -0.2) is 9.69 Å². The Labute approximate surface area is 219 Å². The molecule has 184 valence electrons. The number of halogens is 1. The number of anilines is 1. The SMILES string of the molecule is Cc1cccc(COc2ccc3ccccc3c2/C=C2\C(=O)NC(=O)N(c3cc(Cl)ccc3C)C2=O)c1. The molecule has 4 aromatic rings. The van der Waals surface area contributed by atoms with Crippen LogP contribution in [0.15, 0.2) is 84.4 Å². The minimum Gasteiger partial charge on any atom is -0.488 e. The van der Waals surface area contributed by atoms with Crippen LogP contribution >= 0.6 is 11.6 Å². The number of nitrogens with one attached hydrogen (secondary N) is 1. The number of barbiturate groups is 1. The molecule has 0 atom stereocenters. The fraction of sp³-hybridized carbons (Fsp3) is 0.100. The summed E-state index contributed by atoms with van der Waals surface area (Å²) in [4.78, 5) is 40.1. The highest BCUT2D eigenvalue weighted by atomic mass is 35.5. The van der Waals surface area contributed by atoms with Crippen LogP contribution in [-0.4, -0.2) is 17.8 Å². The molecule has 4 amide bonds. The zero-order valence-electron chi connectivity index (χ0n) is 20.2. The Hall–Kier alpha value is -4.42. The summed E-state index contributed by atoms with van der Waals surface area (Å²) in [6, 6.07) is 23.4. The predicted octanol–water partition coefficient (Wildman–Crippen LogP) is 6.36. The first kappa shape index (κ1) is 24.3. The van der Waals surface area contributed by atoms with Gasteiger partial charge in [0.25, 0.3) is 11.8 Å². The third-order valence-corrected chi connectivity index (χ3v) is 6.45. The van der Waals surface area contributed by atoms with Crippen molar-refractivity contribution in [3.8, 4) is 5.75 Å². The van der Waals surface area contributed by atoms with Gasteiger partial charge in [-0.3, -0.25) is 14.9 Å². The predicted molar refractivity (Wildman–Crippen MR) is 145 cm³/mol.